The molecule has 4 nitrogen and oxygen atoms in total. The van der Waals surface area contributed by atoms with Gasteiger partial charge >= 0.3 is 0 Å². The molecule has 0 amide bonds. The van der Waals surface area contributed by atoms with E-state index in [-0.39, 0.29) is 11.9 Å². The van der Waals surface area contributed by atoms with Crippen molar-refractivity contribution in [3.63, 3.8) is 0 Å². The van der Waals surface area contributed by atoms with Crippen molar-refractivity contribution in [2.45, 2.75) is 45.3 Å². The van der Waals surface area contributed by atoms with Crippen LogP contribution in [0.5, 0.6) is 0 Å². The molecule has 0 bridgehead atoms. The van der Waals surface area contributed by atoms with E-state index in [9.17, 15) is 4.39 Å². The van der Waals surface area contributed by atoms with Crippen molar-refractivity contribution in [3.05, 3.63) is 71.4 Å². The van der Waals surface area contributed by atoms with E-state index in [1.807, 2.05) is 50.2 Å². The van der Waals surface area contributed by atoms with E-state index < -0.39 is 0 Å². The SMILES string of the molecule is Cc1ccc(-c2noc(CN(C3CC3)C(C)c3ccccc3F)n2)cc1. The van der Waals surface area contributed by atoms with Crippen LogP contribution in [-0.2, 0) is 6.54 Å². The Labute approximate surface area is 152 Å². The molecule has 0 N–H and O–H groups in total. The van der Waals surface area contributed by atoms with Crippen molar-refractivity contribution in [2.75, 3.05) is 0 Å². The van der Waals surface area contributed by atoms with Gasteiger partial charge in [-0.25, -0.2) is 4.39 Å². The number of rotatable bonds is 6. The summed E-state index contributed by atoms with van der Waals surface area (Å²) in [6, 6.07) is 15.4. The molecular formula is C21H22FN3O. The highest BCUT2D eigenvalue weighted by Crippen LogP contribution is 2.36. The van der Waals surface area contributed by atoms with Crippen LogP contribution in [0.3, 0.4) is 0 Å². The monoisotopic (exact) mass is 351 g/mol. The molecule has 0 radical (unpaired) electrons. The molecular weight excluding hydrogens is 329 g/mol. The number of nitrogens with zero attached hydrogens (tertiary/aromatic N) is 3. The third-order valence-corrected chi connectivity index (χ3v) is 4.96. The standard InChI is InChI=1S/C21H22FN3O/c1-14-7-9-16(10-8-14)21-23-20(26-24-21)13-25(17-11-12-17)15(2)18-5-3-4-6-19(18)22/h3-10,15,17H,11-13H2,1-2H3. The van der Waals surface area contributed by atoms with Gasteiger partial charge < -0.3 is 4.52 Å². The highest BCUT2D eigenvalue weighted by atomic mass is 19.1. The van der Waals surface area contributed by atoms with Crippen LogP contribution in [0.1, 0.15) is 42.8 Å². The van der Waals surface area contributed by atoms with E-state index in [1.165, 1.54) is 11.6 Å². The Hall–Kier alpha value is -2.53. The number of benzene rings is 2. The minimum absolute atomic E-state index is 0.0431. The molecule has 0 spiro atoms. The van der Waals surface area contributed by atoms with E-state index in [0.717, 1.165) is 18.4 Å². The van der Waals surface area contributed by atoms with Gasteiger partial charge in [0.05, 0.1) is 6.54 Å². The van der Waals surface area contributed by atoms with Gasteiger partial charge in [0.15, 0.2) is 0 Å². The van der Waals surface area contributed by atoms with Gasteiger partial charge in [0.25, 0.3) is 0 Å². The van der Waals surface area contributed by atoms with E-state index in [2.05, 4.69) is 15.0 Å². The fraction of sp³-hybridized carbons (Fsp3) is 0.333. The second kappa shape index (κ2) is 7.00. The summed E-state index contributed by atoms with van der Waals surface area (Å²) in [6.07, 6.45) is 2.25. The molecule has 4 rings (SSSR count). The largest absolute Gasteiger partial charge is 0.338 e. The van der Waals surface area contributed by atoms with Crippen LogP contribution < -0.4 is 0 Å². The molecule has 0 saturated heterocycles. The maximum atomic E-state index is 14.2. The van der Waals surface area contributed by atoms with Gasteiger partial charge in [0.1, 0.15) is 5.82 Å². The molecule has 1 aromatic heterocycles. The molecule has 5 heteroatoms. The van der Waals surface area contributed by atoms with E-state index in [4.69, 9.17) is 4.52 Å². The minimum atomic E-state index is -0.170. The maximum Gasteiger partial charge on any atom is 0.241 e. The zero-order valence-electron chi connectivity index (χ0n) is 15.0. The molecule has 0 aliphatic heterocycles. The summed E-state index contributed by atoms with van der Waals surface area (Å²) in [5.74, 6) is 0.987. The normalized spacial score (nSPS) is 15.4. The van der Waals surface area contributed by atoms with E-state index in [0.29, 0.717) is 29.9 Å². The Morgan fingerprint density at radius 2 is 1.88 bits per heavy atom. The van der Waals surface area contributed by atoms with Crippen molar-refractivity contribution < 1.29 is 8.91 Å². The molecule has 1 saturated carbocycles. The lowest BCUT2D eigenvalue weighted by Crippen LogP contribution is -2.29. The average molecular weight is 351 g/mol. The van der Waals surface area contributed by atoms with Crippen LogP contribution in [0, 0.1) is 12.7 Å². The fourth-order valence-corrected chi connectivity index (χ4v) is 3.28. The van der Waals surface area contributed by atoms with Crippen LogP contribution >= 0.6 is 0 Å². The quantitative estimate of drug-likeness (QED) is 0.633. The molecule has 1 aliphatic carbocycles. The summed E-state index contributed by atoms with van der Waals surface area (Å²) in [5.41, 5.74) is 2.83. The van der Waals surface area contributed by atoms with Crippen molar-refractivity contribution in [1.29, 1.82) is 0 Å². The Morgan fingerprint density at radius 1 is 1.15 bits per heavy atom. The maximum absolute atomic E-state index is 14.2. The van der Waals surface area contributed by atoms with Gasteiger partial charge in [-0.1, -0.05) is 53.2 Å². The lowest BCUT2D eigenvalue weighted by molar-refractivity contribution is 0.163. The van der Waals surface area contributed by atoms with Crippen molar-refractivity contribution in [3.8, 4) is 11.4 Å². The fourth-order valence-electron chi connectivity index (χ4n) is 3.28. The lowest BCUT2D eigenvalue weighted by Gasteiger charge is -2.28. The third-order valence-electron chi connectivity index (χ3n) is 4.96. The van der Waals surface area contributed by atoms with Gasteiger partial charge in [-0.3, -0.25) is 4.90 Å². The summed E-state index contributed by atoms with van der Waals surface area (Å²) in [4.78, 5) is 6.80. The van der Waals surface area contributed by atoms with Gasteiger partial charge in [-0.2, -0.15) is 4.98 Å². The lowest BCUT2D eigenvalue weighted by atomic mass is 10.1. The third kappa shape index (κ3) is 3.53. The topological polar surface area (TPSA) is 42.2 Å². The Balaban J connectivity index is 1.54. The predicted octanol–water partition coefficient (Wildman–Crippen LogP) is 4.91. The highest BCUT2D eigenvalue weighted by molar-refractivity contribution is 5.54. The van der Waals surface area contributed by atoms with Gasteiger partial charge in [0, 0.05) is 23.2 Å². The van der Waals surface area contributed by atoms with Gasteiger partial charge in [0.2, 0.25) is 11.7 Å². The van der Waals surface area contributed by atoms with E-state index in [1.54, 1.807) is 6.07 Å². The Kier molecular flexibility index (Phi) is 4.55. The predicted molar refractivity (Wildman–Crippen MR) is 97.9 cm³/mol. The molecule has 3 aromatic rings. The molecule has 1 heterocycles. The number of aromatic nitrogens is 2. The Bertz CT molecular complexity index is 886. The van der Waals surface area contributed by atoms with Crippen LogP contribution in [0.2, 0.25) is 0 Å². The first-order valence-corrected chi connectivity index (χ1v) is 9.01. The molecule has 2 aromatic carbocycles. The number of hydrogen-bond donors (Lipinski definition) is 0. The molecule has 1 unspecified atom stereocenters. The summed E-state index contributed by atoms with van der Waals surface area (Å²) >= 11 is 0. The van der Waals surface area contributed by atoms with Crippen molar-refractivity contribution in [1.82, 2.24) is 15.0 Å². The van der Waals surface area contributed by atoms with Crippen LogP contribution in [0.4, 0.5) is 4.39 Å². The van der Waals surface area contributed by atoms with Crippen molar-refractivity contribution >= 4 is 0 Å². The summed E-state index contributed by atoms with van der Waals surface area (Å²) in [5, 5.41) is 4.11. The Morgan fingerprint density at radius 3 is 2.58 bits per heavy atom. The summed E-state index contributed by atoms with van der Waals surface area (Å²) in [7, 11) is 0. The number of hydrogen-bond acceptors (Lipinski definition) is 4. The van der Waals surface area contributed by atoms with Crippen LogP contribution in [-0.4, -0.2) is 21.1 Å². The second-order valence-corrected chi connectivity index (χ2v) is 6.98. The molecule has 26 heavy (non-hydrogen) atoms. The average Bonchev–Trinajstić information content (AvgIpc) is 3.38. The second-order valence-electron chi connectivity index (χ2n) is 6.98. The molecule has 1 fully saturated rings. The summed E-state index contributed by atoms with van der Waals surface area (Å²) < 4.78 is 19.7. The highest BCUT2D eigenvalue weighted by Gasteiger charge is 2.34. The molecule has 134 valence electrons. The van der Waals surface area contributed by atoms with E-state index >= 15 is 0 Å². The first-order chi connectivity index (χ1) is 12.6. The van der Waals surface area contributed by atoms with Crippen LogP contribution in [0.15, 0.2) is 53.1 Å². The van der Waals surface area contributed by atoms with Gasteiger partial charge in [-0.05, 0) is 32.8 Å². The first-order valence-electron chi connectivity index (χ1n) is 9.01. The summed E-state index contributed by atoms with van der Waals surface area (Å²) in [6.45, 7) is 4.61. The van der Waals surface area contributed by atoms with Crippen LogP contribution in [0.25, 0.3) is 11.4 Å². The first kappa shape index (κ1) is 16.9. The van der Waals surface area contributed by atoms with Gasteiger partial charge in [-0.15, -0.1) is 0 Å². The number of aryl methyl sites for hydroxylation is 1. The number of halogens is 1. The van der Waals surface area contributed by atoms with Crippen molar-refractivity contribution in [2.24, 2.45) is 0 Å². The minimum Gasteiger partial charge on any atom is -0.338 e. The zero-order valence-corrected chi connectivity index (χ0v) is 15.0. The zero-order chi connectivity index (χ0) is 18.1. The smallest absolute Gasteiger partial charge is 0.241 e. The molecule has 1 aliphatic rings. The molecule has 1 atom stereocenters.